The fourth-order valence-corrected chi connectivity index (χ4v) is 3.32. The van der Waals surface area contributed by atoms with Crippen molar-refractivity contribution in [3.8, 4) is 17.1 Å². The van der Waals surface area contributed by atoms with E-state index in [9.17, 15) is 4.79 Å². The highest BCUT2D eigenvalue weighted by Crippen LogP contribution is 2.26. The van der Waals surface area contributed by atoms with Gasteiger partial charge in [-0.15, -0.1) is 10.2 Å². The number of rotatable bonds is 8. The van der Waals surface area contributed by atoms with Crippen LogP contribution in [-0.2, 0) is 16.1 Å². The van der Waals surface area contributed by atoms with Crippen LogP contribution in [0.25, 0.3) is 11.4 Å². The fourth-order valence-electron chi connectivity index (χ4n) is 2.58. The molecule has 0 saturated heterocycles. The molecule has 0 spiro atoms. The van der Waals surface area contributed by atoms with Crippen LogP contribution in [0.2, 0.25) is 0 Å². The summed E-state index contributed by atoms with van der Waals surface area (Å²) in [5.41, 5.74) is 2.06. The average Bonchev–Trinajstić information content (AvgIpc) is 3.10. The Balaban J connectivity index is 1.90. The molecule has 0 unspecified atom stereocenters. The molecule has 2 aromatic carbocycles. The number of aromatic nitrogens is 3. The molecule has 0 N–H and O–H groups in total. The normalized spacial score (nSPS) is 10.6. The van der Waals surface area contributed by atoms with E-state index >= 15 is 0 Å². The maximum atomic E-state index is 11.7. The second kappa shape index (κ2) is 9.23. The highest BCUT2D eigenvalue weighted by molar-refractivity contribution is 7.99. The summed E-state index contributed by atoms with van der Waals surface area (Å²) in [7, 11) is 1.64. The van der Waals surface area contributed by atoms with E-state index in [2.05, 4.69) is 22.3 Å². The number of benzene rings is 2. The van der Waals surface area contributed by atoms with E-state index < -0.39 is 0 Å². The van der Waals surface area contributed by atoms with Crippen molar-refractivity contribution >= 4 is 17.7 Å². The Bertz CT molecular complexity index is 879. The zero-order chi connectivity index (χ0) is 19.1. The van der Waals surface area contributed by atoms with Crippen LogP contribution >= 0.6 is 11.8 Å². The van der Waals surface area contributed by atoms with Gasteiger partial charge < -0.3 is 9.47 Å². The van der Waals surface area contributed by atoms with E-state index in [-0.39, 0.29) is 11.7 Å². The van der Waals surface area contributed by atoms with Gasteiger partial charge in [-0.2, -0.15) is 0 Å². The van der Waals surface area contributed by atoms with Crippen molar-refractivity contribution in [3.63, 3.8) is 0 Å². The second-order valence-electron chi connectivity index (χ2n) is 5.70. The van der Waals surface area contributed by atoms with Gasteiger partial charge in [-0.25, -0.2) is 0 Å². The third-order valence-electron chi connectivity index (χ3n) is 3.87. The van der Waals surface area contributed by atoms with Gasteiger partial charge in [0.1, 0.15) is 5.75 Å². The smallest absolute Gasteiger partial charge is 0.316 e. The highest BCUT2D eigenvalue weighted by Gasteiger charge is 2.16. The molecule has 0 amide bonds. The largest absolute Gasteiger partial charge is 0.497 e. The van der Waals surface area contributed by atoms with Gasteiger partial charge >= 0.3 is 5.97 Å². The monoisotopic (exact) mass is 383 g/mol. The van der Waals surface area contributed by atoms with Crippen molar-refractivity contribution in [1.82, 2.24) is 14.8 Å². The number of carbonyl (C=O) groups is 1. The summed E-state index contributed by atoms with van der Waals surface area (Å²) in [6, 6.07) is 17.8. The lowest BCUT2D eigenvalue weighted by molar-refractivity contribution is -0.139. The highest BCUT2D eigenvalue weighted by atomic mass is 32.2. The zero-order valence-electron chi connectivity index (χ0n) is 15.3. The number of hydrogen-bond acceptors (Lipinski definition) is 6. The lowest BCUT2D eigenvalue weighted by Crippen LogP contribution is -2.09. The minimum atomic E-state index is -0.261. The van der Waals surface area contributed by atoms with Crippen molar-refractivity contribution in [1.29, 1.82) is 0 Å². The van der Waals surface area contributed by atoms with Gasteiger partial charge in [0.05, 0.1) is 26.0 Å². The van der Waals surface area contributed by atoms with Crippen LogP contribution < -0.4 is 4.74 Å². The molecule has 0 aliphatic carbocycles. The SMILES string of the molecule is CCOC(=O)CSc1nnc(-c2ccc(OC)cc2)n1Cc1ccccc1. The molecule has 0 bridgehead atoms. The zero-order valence-corrected chi connectivity index (χ0v) is 16.1. The summed E-state index contributed by atoms with van der Waals surface area (Å²) in [5.74, 6) is 1.46. The summed E-state index contributed by atoms with van der Waals surface area (Å²) in [6.45, 7) is 2.77. The molecule has 0 aliphatic heterocycles. The number of nitrogens with zero attached hydrogens (tertiary/aromatic N) is 3. The molecule has 27 heavy (non-hydrogen) atoms. The number of thioether (sulfide) groups is 1. The van der Waals surface area contributed by atoms with Crippen LogP contribution in [-0.4, -0.2) is 40.2 Å². The van der Waals surface area contributed by atoms with Crippen LogP contribution in [0.1, 0.15) is 12.5 Å². The quantitative estimate of drug-likeness (QED) is 0.437. The predicted molar refractivity (Wildman–Crippen MR) is 105 cm³/mol. The van der Waals surface area contributed by atoms with Crippen molar-refractivity contribution in [2.24, 2.45) is 0 Å². The topological polar surface area (TPSA) is 66.2 Å². The maximum absolute atomic E-state index is 11.7. The summed E-state index contributed by atoms with van der Waals surface area (Å²) in [6.07, 6.45) is 0. The summed E-state index contributed by atoms with van der Waals surface area (Å²) < 4.78 is 12.2. The van der Waals surface area contributed by atoms with Gasteiger partial charge in [0, 0.05) is 5.56 Å². The Labute approximate surface area is 162 Å². The van der Waals surface area contributed by atoms with Gasteiger partial charge in [-0.3, -0.25) is 9.36 Å². The molecule has 1 aromatic heterocycles. The Kier molecular flexibility index (Phi) is 6.49. The van der Waals surface area contributed by atoms with E-state index in [1.54, 1.807) is 14.0 Å². The number of carbonyl (C=O) groups excluding carboxylic acids is 1. The van der Waals surface area contributed by atoms with Gasteiger partial charge in [0.15, 0.2) is 11.0 Å². The van der Waals surface area contributed by atoms with Crippen molar-refractivity contribution in [2.75, 3.05) is 19.5 Å². The van der Waals surface area contributed by atoms with Gasteiger partial charge in [-0.05, 0) is 36.8 Å². The molecule has 1 heterocycles. The molecule has 6 nitrogen and oxygen atoms in total. The van der Waals surface area contributed by atoms with Crippen LogP contribution in [0.15, 0.2) is 59.8 Å². The van der Waals surface area contributed by atoms with E-state index in [1.807, 2.05) is 47.0 Å². The minimum Gasteiger partial charge on any atom is -0.497 e. The van der Waals surface area contributed by atoms with Crippen LogP contribution in [0.5, 0.6) is 5.75 Å². The molecule has 7 heteroatoms. The molecule has 3 rings (SSSR count). The number of ether oxygens (including phenoxy) is 2. The summed E-state index contributed by atoms with van der Waals surface area (Å²) in [5, 5.41) is 9.34. The van der Waals surface area contributed by atoms with E-state index in [0.717, 1.165) is 22.7 Å². The number of esters is 1. The Morgan fingerprint density at radius 2 is 1.81 bits per heavy atom. The van der Waals surface area contributed by atoms with Crippen LogP contribution in [0.3, 0.4) is 0 Å². The molecule has 3 aromatic rings. The Morgan fingerprint density at radius 1 is 1.07 bits per heavy atom. The first kappa shape index (κ1) is 19.0. The molecular weight excluding hydrogens is 362 g/mol. The maximum Gasteiger partial charge on any atom is 0.316 e. The number of hydrogen-bond donors (Lipinski definition) is 0. The standard InChI is InChI=1S/C20H21N3O3S/c1-3-26-18(24)14-27-20-22-21-19(16-9-11-17(25-2)12-10-16)23(20)13-15-7-5-4-6-8-15/h4-12H,3,13-14H2,1-2H3. The predicted octanol–water partition coefficient (Wildman–Crippen LogP) is 3.66. The Hall–Kier alpha value is -2.80. The van der Waals surface area contributed by atoms with Crippen LogP contribution in [0.4, 0.5) is 0 Å². The third-order valence-corrected chi connectivity index (χ3v) is 4.81. The van der Waals surface area contributed by atoms with Gasteiger partial charge in [-0.1, -0.05) is 42.1 Å². The van der Waals surface area contributed by atoms with Crippen molar-refractivity contribution in [2.45, 2.75) is 18.6 Å². The van der Waals surface area contributed by atoms with E-state index in [0.29, 0.717) is 18.3 Å². The molecule has 0 aliphatic rings. The molecule has 0 radical (unpaired) electrons. The average molecular weight is 383 g/mol. The van der Waals surface area contributed by atoms with Crippen LogP contribution in [0, 0.1) is 0 Å². The summed E-state index contributed by atoms with van der Waals surface area (Å²) in [4.78, 5) is 11.7. The van der Waals surface area contributed by atoms with E-state index in [1.165, 1.54) is 11.8 Å². The lowest BCUT2D eigenvalue weighted by atomic mass is 10.2. The third kappa shape index (κ3) is 4.89. The van der Waals surface area contributed by atoms with Crippen molar-refractivity contribution < 1.29 is 14.3 Å². The summed E-state index contributed by atoms with van der Waals surface area (Å²) >= 11 is 1.33. The molecular formula is C20H21N3O3S. The fraction of sp³-hybridized carbons (Fsp3) is 0.250. The lowest BCUT2D eigenvalue weighted by Gasteiger charge is -2.11. The first-order valence-electron chi connectivity index (χ1n) is 8.61. The van der Waals surface area contributed by atoms with Crippen molar-refractivity contribution in [3.05, 3.63) is 60.2 Å². The van der Waals surface area contributed by atoms with Gasteiger partial charge in [0.2, 0.25) is 0 Å². The second-order valence-corrected chi connectivity index (χ2v) is 6.64. The molecule has 140 valence electrons. The van der Waals surface area contributed by atoms with E-state index in [4.69, 9.17) is 9.47 Å². The first-order valence-corrected chi connectivity index (χ1v) is 9.59. The molecule has 0 fully saturated rings. The van der Waals surface area contributed by atoms with Gasteiger partial charge in [0.25, 0.3) is 0 Å². The first-order chi connectivity index (χ1) is 13.2. The molecule has 0 atom stereocenters. The Morgan fingerprint density at radius 3 is 2.48 bits per heavy atom. The number of methoxy groups -OCH3 is 1. The minimum absolute atomic E-state index is 0.198. The molecule has 0 saturated carbocycles.